The van der Waals surface area contributed by atoms with Crippen LogP contribution in [0.25, 0.3) is 10.9 Å². The number of carbonyl (C=O) groups is 1. The molecule has 3 rings (SSSR count). The summed E-state index contributed by atoms with van der Waals surface area (Å²) in [6, 6.07) is 5.68. The van der Waals surface area contributed by atoms with E-state index >= 15 is 0 Å². The highest BCUT2D eigenvalue weighted by atomic mass is 16.4. The van der Waals surface area contributed by atoms with Crippen molar-refractivity contribution in [2.24, 2.45) is 0 Å². The van der Waals surface area contributed by atoms with Crippen LogP contribution in [0.4, 0.5) is 0 Å². The van der Waals surface area contributed by atoms with E-state index in [0.29, 0.717) is 0 Å². The van der Waals surface area contributed by atoms with Crippen molar-refractivity contribution in [3.05, 3.63) is 30.0 Å². The van der Waals surface area contributed by atoms with Gasteiger partial charge < -0.3 is 5.11 Å². The number of fused-ring (bicyclic) bond motifs is 1. The predicted octanol–water partition coefficient (Wildman–Crippen LogP) is 1.68. The normalized spacial score (nSPS) is 17.9. The van der Waals surface area contributed by atoms with Gasteiger partial charge in [-0.05, 0) is 30.5 Å². The smallest absolute Gasteiger partial charge is 0.314 e. The fourth-order valence-corrected chi connectivity index (χ4v) is 1.99. The van der Waals surface area contributed by atoms with Gasteiger partial charge in [-0.2, -0.15) is 5.10 Å². The Hall–Kier alpha value is -1.84. The van der Waals surface area contributed by atoms with Crippen LogP contribution in [0.1, 0.15) is 18.4 Å². The van der Waals surface area contributed by atoms with Gasteiger partial charge in [-0.25, -0.2) is 0 Å². The summed E-state index contributed by atoms with van der Waals surface area (Å²) in [5.41, 5.74) is 1.22. The molecule has 2 N–H and O–H groups in total. The molecule has 1 heterocycles. The molecular weight excluding hydrogens is 192 g/mol. The topological polar surface area (TPSA) is 66.0 Å². The van der Waals surface area contributed by atoms with Crippen molar-refractivity contribution in [2.45, 2.75) is 18.3 Å². The summed E-state index contributed by atoms with van der Waals surface area (Å²) in [6.45, 7) is 0. The minimum atomic E-state index is -0.717. The van der Waals surface area contributed by atoms with Crippen LogP contribution < -0.4 is 0 Å². The van der Waals surface area contributed by atoms with Crippen molar-refractivity contribution < 1.29 is 9.90 Å². The number of rotatable bonds is 2. The van der Waals surface area contributed by atoms with E-state index in [9.17, 15) is 4.79 Å². The predicted molar refractivity (Wildman–Crippen MR) is 54.6 cm³/mol. The summed E-state index contributed by atoms with van der Waals surface area (Å²) in [4.78, 5) is 11.1. The van der Waals surface area contributed by atoms with Crippen molar-refractivity contribution in [3.8, 4) is 0 Å². The van der Waals surface area contributed by atoms with Gasteiger partial charge in [0.2, 0.25) is 0 Å². The molecule has 1 fully saturated rings. The number of H-pyrrole nitrogens is 1. The Morgan fingerprint density at radius 3 is 2.93 bits per heavy atom. The van der Waals surface area contributed by atoms with E-state index in [0.717, 1.165) is 29.3 Å². The number of aliphatic carboxylic acids is 1. The Balaban J connectivity index is 2.15. The third-order valence-corrected chi connectivity index (χ3v) is 3.15. The van der Waals surface area contributed by atoms with E-state index < -0.39 is 11.4 Å². The molecule has 2 aromatic rings. The third kappa shape index (κ3) is 1.08. The minimum absolute atomic E-state index is 0.620. The van der Waals surface area contributed by atoms with Gasteiger partial charge in [0.1, 0.15) is 0 Å². The van der Waals surface area contributed by atoms with Crippen molar-refractivity contribution in [3.63, 3.8) is 0 Å². The first-order chi connectivity index (χ1) is 7.22. The van der Waals surface area contributed by atoms with Gasteiger partial charge in [0, 0.05) is 5.39 Å². The summed E-state index contributed by atoms with van der Waals surface area (Å²) in [6.07, 6.45) is 3.20. The Labute approximate surface area is 85.9 Å². The number of nitrogens with zero attached hydrogens (tertiary/aromatic N) is 1. The van der Waals surface area contributed by atoms with Crippen molar-refractivity contribution in [2.75, 3.05) is 0 Å². The molecular formula is C11H10N2O2. The molecule has 1 aliphatic rings. The molecule has 0 amide bonds. The van der Waals surface area contributed by atoms with Gasteiger partial charge in [0.25, 0.3) is 0 Å². The standard InChI is InChI=1S/C11H10N2O2/c14-10(15)11(3-4-11)8-1-2-9-7(5-8)6-12-13-9/h1-2,5-6H,3-4H2,(H,12,13)(H,14,15). The number of aromatic amines is 1. The van der Waals surface area contributed by atoms with E-state index in [1.807, 2.05) is 18.2 Å². The summed E-state index contributed by atoms with van der Waals surface area (Å²) in [5.74, 6) is -0.717. The highest BCUT2D eigenvalue weighted by Gasteiger charge is 2.51. The zero-order valence-electron chi connectivity index (χ0n) is 8.03. The number of hydrogen-bond acceptors (Lipinski definition) is 2. The van der Waals surface area contributed by atoms with Crippen LogP contribution >= 0.6 is 0 Å². The number of aromatic nitrogens is 2. The molecule has 76 valence electrons. The number of nitrogens with one attached hydrogen (secondary N) is 1. The van der Waals surface area contributed by atoms with Crippen LogP contribution in [-0.2, 0) is 10.2 Å². The zero-order chi connectivity index (χ0) is 10.5. The minimum Gasteiger partial charge on any atom is -0.481 e. The maximum absolute atomic E-state index is 11.1. The lowest BCUT2D eigenvalue weighted by molar-refractivity contribution is -0.140. The molecule has 0 saturated heterocycles. The van der Waals surface area contributed by atoms with Crippen LogP contribution in [-0.4, -0.2) is 21.3 Å². The first kappa shape index (κ1) is 8.47. The maximum atomic E-state index is 11.1. The quantitative estimate of drug-likeness (QED) is 0.778. The highest BCUT2D eigenvalue weighted by Crippen LogP contribution is 2.48. The Morgan fingerprint density at radius 1 is 1.47 bits per heavy atom. The second-order valence-corrected chi connectivity index (χ2v) is 4.06. The lowest BCUT2D eigenvalue weighted by Gasteiger charge is -2.09. The van der Waals surface area contributed by atoms with Gasteiger partial charge >= 0.3 is 5.97 Å². The van der Waals surface area contributed by atoms with E-state index in [1.54, 1.807) is 6.20 Å². The molecule has 15 heavy (non-hydrogen) atoms. The van der Waals surface area contributed by atoms with Gasteiger partial charge in [0.05, 0.1) is 17.1 Å². The van der Waals surface area contributed by atoms with Gasteiger partial charge in [-0.3, -0.25) is 9.89 Å². The maximum Gasteiger partial charge on any atom is 0.314 e. The van der Waals surface area contributed by atoms with Crippen molar-refractivity contribution in [1.82, 2.24) is 10.2 Å². The summed E-state index contributed by atoms with van der Waals surface area (Å²) in [5, 5.41) is 16.9. The molecule has 4 heteroatoms. The molecule has 0 unspecified atom stereocenters. The average molecular weight is 202 g/mol. The molecule has 1 aromatic carbocycles. The third-order valence-electron chi connectivity index (χ3n) is 3.15. The van der Waals surface area contributed by atoms with E-state index in [4.69, 9.17) is 5.11 Å². The molecule has 0 aliphatic heterocycles. The number of hydrogen-bond donors (Lipinski definition) is 2. The Morgan fingerprint density at radius 2 is 2.27 bits per heavy atom. The molecule has 0 atom stereocenters. The SMILES string of the molecule is O=C(O)C1(c2ccc3[nH]ncc3c2)CC1. The average Bonchev–Trinajstić information content (AvgIpc) is 2.91. The van der Waals surface area contributed by atoms with Crippen LogP contribution in [0.2, 0.25) is 0 Å². The molecule has 0 spiro atoms. The summed E-state index contributed by atoms with van der Waals surface area (Å²) in [7, 11) is 0. The van der Waals surface area contributed by atoms with E-state index in [2.05, 4.69) is 10.2 Å². The van der Waals surface area contributed by atoms with Gasteiger partial charge in [-0.1, -0.05) is 6.07 Å². The van der Waals surface area contributed by atoms with Crippen LogP contribution in [0, 0.1) is 0 Å². The van der Waals surface area contributed by atoms with Crippen LogP contribution in [0.3, 0.4) is 0 Å². The fraction of sp³-hybridized carbons (Fsp3) is 0.273. The van der Waals surface area contributed by atoms with E-state index in [-0.39, 0.29) is 0 Å². The Kier molecular flexibility index (Phi) is 1.46. The van der Waals surface area contributed by atoms with E-state index in [1.165, 1.54) is 0 Å². The van der Waals surface area contributed by atoms with Crippen LogP contribution in [0.15, 0.2) is 24.4 Å². The fourth-order valence-electron chi connectivity index (χ4n) is 1.99. The Bertz CT molecular complexity index is 540. The van der Waals surface area contributed by atoms with Gasteiger partial charge in [-0.15, -0.1) is 0 Å². The zero-order valence-corrected chi connectivity index (χ0v) is 8.03. The van der Waals surface area contributed by atoms with Crippen molar-refractivity contribution >= 4 is 16.9 Å². The molecule has 4 nitrogen and oxygen atoms in total. The van der Waals surface area contributed by atoms with Gasteiger partial charge in [0.15, 0.2) is 0 Å². The first-order valence-corrected chi connectivity index (χ1v) is 4.89. The number of benzene rings is 1. The largest absolute Gasteiger partial charge is 0.481 e. The molecule has 0 bridgehead atoms. The summed E-state index contributed by atoms with van der Waals surface area (Å²) >= 11 is 0. The highest BCUT2D eigenvalue weighted by molar-refractivity contribution is 5.87. The van der Waals surface area contributed by atoms with Crippen molar-refractivity contribution in [1.29, 1.82) is 0 Å². The number of carboxylic acids is 1. The second kappa shape index (κ2) is 2.59. The molecule has 1 aliphatic carbocycles. The lowest BCUT2D eigenvalue weighted by atomic mass is 9.95. The summed E-state index contributed by atoms with van der Waals surface area (Å²) < 4.78 is 0. The second-order valence-electron chi connectivity index (χ2n) is 4.06. The first-order valence-electron chi connectivity index (χ1n) is 4.89. The number of carboxylic acid groups (broad SMARTS) is 1. The molecule has 0 radical (unpaired) electrons. The monoisotopic (exact) mass is 202 g/mol. The lowest BCUT2D eigenvalue weighted by Crippen LogP contribution is -2.19. The molecule has 1 saturated carbocycles. The van der Waals surface area contributed by atoms with Crippen LogP contribution in [0.5, 0.6) is 0 Å². The molecule has 1 aromatic heterocycles.